The van der Waals surface area contributed by atoms with Crippen molar-refractivity contribution in [2.24, 2.45) is 0 Å². The lowest BCUT2D eigenvalue weighted by Crippen LogP contribution is -2.47. The van der Waals surface area contributed by atoms with Crippen molar-refractivity contribution in [2.75, 3.05) is 44.7 Å². The quantitative estimate of drug-likeness (QED) is 0.901. The molecule has 1 atom stereocenters. The summed E-state index contributed by atoms with van der Waals surface area (Å²) in [5, 5.41) is 10.3. The zero-order valence-electron chi connectivity index (χ0n) is 14.2. The van der Waals surface area contributed by atoms with Crippen molar-refractivity contribution in [3.05, 3.63) is 59.7 Å². The SMILES string of the molecule is COc1ccc(N2CCN(CC(O)c3ccc(F)c(F)c3)CC2)cc1. The van der Waals surface area contributed by atoms with Crippen molar-refractivity contribution in [2.45, 2.75) is 6.10 Å². The summed E-state index contributed by atoms with van der Waals surface area (Å²) in [5.74, 6) is -0.998. The first-order valence-electron chi connectivity index (χ1n) is 8.31. The van der Waals surface area contributed by atoms with Gasteiger partial charge in [-0.05, 0) is 42.0 Å². The fraction of sp³-hybridized carbons (Fsp3) is 0.368. The average Bonchev–Trinajstić information content (AvgIpc) is 2.64. The standard InChI is InChI=1S/C19H22F2N2O2/c1-25-16-5-3-15(4-6-16)23-10-8-22(9-11-23)13-19(24)14-2-7-17(20)18(21)12-14/h2-7,12,19,24H,8-11,13H2,1H3. The molecule has 0 aliphatic carbocycles. The summed E-state index contributed by atoms with van der Waals surface area (Å²) in [5.41, 5.74) is 1.54. The van der Waals surface area contributed by atoms with Gasteiger partial charge in [0.05, 0.1) is 13.2 Å². The summed E-state index contributed by atoms with van der Waals surface area (Å²) < 4.78 is 31.5. The van der Waals surface area contributed by atoms with E-state index in [-0.39, 0.29) is 0 Å². The van der Waals surface area contributed by atoms with E-state index in [0.29, 0.717) is 12.1 Å². The molecule has 0 radical (unpaired) electrons. The summed E-state index contributed by atoms with van der Waals surface area (Å²) in [6, 6.07) is 11.5. The van der Waals surface area contributed by atoms with E-state index in [9.17, 15) is 13.9 Å². The van der Waals surface area contributed by atoms with Gasteiger partial charge in [0.25, 0.3) is 0 Å². The van der Waals surface area contributed by atoms with Gasteiger partial charge in [-0.2, -0.15) is 0 Å². The van der Waals surface area contributed by atoms with Crippen molar-refractivity contribution in [3.8, 4) is 5.75 Å². The Morgan fingerprint density at radius 3 is 2.28 bits per heavy atom. The first-order chi connectivity index (χ1) is 12.1. The molecule has 1 N–H and O–H groups in total. The minimum atomic E-state index is -0.930. The van der Waals surface area contributed by atoms with Gasteiger partial charge < -0.3 is 14.7 Å². The molecule has 4 nitrogen and oxygen atoms in total. The Morgan fingerprint density at radius 2 is 1.68 bits per heavy atom. The molecule has 2 aromatic rings. The summed E-state index contributed by atoms with van der Waals surface area (Å²) in [7, 11) is 1.64. The van der Waals surface area contributed by atoms with Crippen LogP contribution in [0.25, 0.3) is 0 Å². The minimum absolute atomic E-state index is 0.400. The molecule has 1 heterocycles. The molecule has 1 aliphatic heterocycles. The molecule has 1 saturated heterocycles. The fourth-order valence-electron chi connectivity index (χ4n) is 3.05. The Hall–Kier alpha value is -2.18. The van der Waals surface area contributed by atoms with Crippen LogP contribution in [0.15, 0.2) is 42.5 Å². The summed E-state index contributed by atoms with van der Waals surface area (Å²) in [6.45, 7) is 3.69. The number of methoxy groups -OCH3 is 1. The van der Waals surface area contributed by atoms with E-state index in [0.717, 1.165) is 49.7 Å². The Kier molecular flexibility index (Phi) is 5.50. The highest BCUT2D eigenvalue weighted by Crippen LogP contribution is 2.22. The van der Waals surface area contributed by atoms with Crippen LogP contribution in [0.5, 0.6) is 5.75 Å². The maximum atomic E-state index is 13.3. The summed E-state index contributed by atoms with van der Waals surface area (Å²) in [4.78, 5) is 4.41. The molecule has 0 aromatic heterocycles. The predicted octanol–water partition coefficient (Wildman–Crippen LogP) is 2.83. The number of hydrogen-bond donors (Lipinski definition) is 1. The third-order valence-electron chi connectivity index (χ3n) is 4.57. The minimum Gasteiger partial charge on any atom is -0.497 e. The van der Waals surface area contributed by atoms with E-state index >= 15 is 0 Å². The number of halogens is 2. The highest BCUT2D eigenvalue weighted by molar-refractivity contribution is 5.49. The summed E-state index contributed by atoms with van der Waals surface area (Å²) in [6.07, 6.45) is -0.831. The molecule has 0 saturated carbocycles. The highest BCUT2D eigenvalue weighted by Gasteiger charge is 2.20. The fourth-order valence-corrected chi connectivity index (χ4v) is 3.05. The lowest BCUT2D eigenvalue weighted by molar-refractivity contribution is 0.109. The van der Waals surface area contributed by atoms with E-state index in [1.54, 1.807) is 7.11 Å². The van der Waals surface area contributed by atoms with Crippen LogP contribution in [0.3, 0.4) is 0 Å². The molecule has 0 spiro atoms. The predicted molar refractivity (Wildman–Crippen MR) is 93.0 cm³/mol. The summed E-state index contributed by atoms with van der Waals surface area (Å²) >= 11 is 0. The first-order valence-corrected chi connectivity index (χ1v) is 8.31. The zero-order chi connectivity index (χ0) is 17.8. The molecular formula is C19H22F2N2O2. The van der Waals surface area contributed by atoms with Crippen molar-refractivity contribution in [1.82, 2.24) is 4.90 Å². The van der Waals surface area contributed by atoms with Crippen LogP contribution in [0.1, 0.15) is 11.7 Å². The van der Waals surface area contributed by atoms with Crippen molar-refractivity contribution >= 4 is 5.69 Å². The second-order valence-corrected chi connectivity index (χ2v) is 6.18. The maximum Gasteiger partial charge on any atom is 0.159 e. The van der Waals surface area contributed by atoms with Crippen LogP contribution in [-0.2, 0) is 0 Å². The second kappa shape index (κ2) is 7.80. The normalized spacial score (nSPS) is 16.7. The van der Waals surface area contributed by atoms with Crippen LogP contribution in [0, 0.1) is 11.6 Å². The Morgan fingerprint density at radius 1 is 1.00 bits per heavy atom. The van der Waals surface area contributed by atoms with Gasteiger partial charge in [-0.1, -0.05) is 6.07 Å². The van der Waals surface area contributed by atoms with Gasteiger partial charge in [0, 0.05) is 38.4 Å². The Bertz CT molecular complexity index is 701. The van der Waals surface area contributed by atoms with Crippen LogP contribution >= 0.6 is 0 Å². The van der Waals surface area contributed by atoms with E-state index < -0.39 is 17.7 Å². The number of aliphatic hydroxyl groups excluding tert-OH is 1. The van der Waals surface area contributed by atoms with Gasteiger partial charge >= 0.3 is 0 Å². The van der Waals surface area contributed by atoms with E-state index in [4.69, 9.17) is 4.74 Å². The average molecular weight is 348 g/mol. The number of benzene rings is 2. The third kappa shape index (κ3) is 4.27. The zero-order valence-corrected chi connectivity index (χ0v) is 14.2. The van der Waals surface area contributed by atoms with Crippen molar-refractivity contribution < 1.29 is 18.6 Å². The van der Waals surface area contributed by atoms with Gasteiger partial charge in [-0.3, -0.25) is 4.90 Å². The molecule has 6 heteroatoms. The van der Waals surface area contributed by atoms with Crippen molar-refractivity contribution in [1.29, 1.82) is 0 Å². The molecule has 25 heavy (non-hydrogen) atoms. The Balaban J connectivity index is 1.53. The number of ether oxygens (including phenoxy) is 1. The topological polar surface area (TPSA) is 35.9 Å². The number of β-amino-alcohol motifs (C(OH)–C–C–N with tert-alkyl or cyclic N) is 1. The Labute approximate surface area is 146 Å². The van der Waals surface area contributed by atoms with Gasteiger partial charge in [0.15, 0.2) is 11.6 Å². The highest BCUT2D eigenvalue weighted by atomic mass is 19.2. The molecule has 0 bridgehead atoms. The molecule has 3 rings (SSSR count). The van der Waals surface area contributed by atoms with Gasteiger partial charge in [0.1, 0.15) is 5.75 Å². The number of hydrogen-bond acceptors (Lipinski definition) is 4. The number of rotatable bonds is 5. The molecule has 2 aromatic carbocycles. The van der Waals surface area contributed by atoms with E-state index in [1.165, 1.54) is 6.07 Å². The lowest BCUT2D eigenvalue weighted by Gasteiger charge is -2.37. The largest absolute Gasteiger partial charge is 0.497 e. The number of nitrogens with zero attached hydrogens (tertiary/aromatic N) is 2. The van der Waals surface area contributed by atoms with Gasteiger partial charge in [0.2, 0.25) is 0 Å². The van der Waals surface area contributed by atoms with E-state index in [1.807, 2.05) is 24.3 Å². The monoisotopic (exact) mass is 348 g/mol. The van der Waals surface area contributed by atoms with Crippen LogP contribution in [0.2, 0.25) is 0 Å². The van der Waals surface area contributed by atoms with Gasteiger partial charge in [-0.25, -0.2) is 8.78 Å². The molecule has 134 valence electrons. The maximum absolute atomic E-state index is 13.3. The smallest absolute Gasteiger partial charge is 0.159 e. The van der Waals surface area contributed by atoms with Crippen LogP contribution in [-0.4, -0.2) is 49.8 Å². The van der Waals surface area contributed by atoms with Gasteiger partial charge in [-0.15, -0.1) is 0 Å². The van der Waals surface area contributed by atoms with Crippen molar-refractivity contribution in [3.63, 3.8) is 0 Å². The number of anilines is 1. The molecular weight excluding hydrogens is 326 g/mol. The number of aliphatic hydroxyl groups is 1. The molecule has 1 fully saturated rings. The van der Waals surface area contributed by atoms with E-state index in [2.05, 4.69) is 9.80 Å². The molecule has 1 unspecified atom stereocenters. The van der Waals surface area contributed by atoms with Crippen LogP contribution in [0.4, 0.5) is 14.5 Å². The molecule has 0 amide bonds. The lowest BCUT2D eigenvalue weighted by atomic mass is 10.1. The first kappa shape index (κ1) is 17.6. The third-order valence-corrected chi connectivity index (χ3v) is 4.57. The second-order valence-electron chi connectivity index (χ2n) is 6.18. The van der Waals surface area contributed by atoms with Crippen LogP contribution < -0.4 is 9.64 Å². The number of piperazine rings is 1. The molecule has 1 aliphatic rings.